The number of amides is 2. The molecule has 0 radical (unpaired) electrons. The molecule has 6 heteroatoms. The minimum Gasteiger partial charge on any atom is -0.338 e. The number of nitrogens with zero attached hydrogens (tertiary/aromatic N) is 4. The highest BCUT2D eigenvalue weighted by atomic mass is 16.2. The smallest absolute Gasteiger partial charge is 0.223 e. The van der Waals surface area contributed by atoms with Crippen LogP contribution in [-0.4, -0.2) is 44.7 Å². The molecule has 1 atom stereocenters. The van der Waals surface area contributed by atoms with Crippen LogP contribution < -0.4 is 0 Å². The molecule has 2 aliphatic heterocycles. The Morgan fingerprint density at radius 2 is 2.00 bits per heavy atom. The molecule has 146 valence electrons. The Morgan fingerprint density at radius 3 is 2.79 bits per heavy atom. The van der Waals surface area contributed by atoms with Gasteiger partial charge in [0.2, 0.25) is 11.8 Å². The van der Waals surface area contributed by atoms with Crippen molar-refractivity contribution in [3.63, 3.8) is 0 Å². The summed E-state index contributed by atoms with van der Waals surface area (Å²) in [6.45, 7) is 3.65. The number of likely N-dealkylation sites (tertiary alicyclic amines) is 1. The zero-order valence-electron chi connectivity index (χ0n) is 16.3. The van der Waals surface area contributed by atoms with Crippen molar-refractivity contribution in [3.8, 4) is 0 Å². The molecule has 1 unspecified atom stereocenters. The van der Waals surface area contributed by atoms with Crippen molar-refractivity contribution in [3.05, 3.63) is 59.2 Å². The minimum atomic E-state index is -0.0283. The molecular formula is C22H26N4O2. The summed E-state index contributed by atoms with van der Waals surface area (Å²) < 4.78 is 0. The van der Waals surface area contributed by atoms with E-state index in [9.17, 15) is 9.59 Å². The molecule has 0 saturated carbocycles. The molecule has 0 aliphatic carbocycles. The average molecular weight is 378 g/mol. The van der Waals surface area contributed by atoms with Gasteiger partial charge in [-0.15, -0.1) is 0 Å². The summed E-state index contributed by atoms with van der Waals surface area (Å²) in [6.07, 6.45) is 5.76. The van der Waals surface area contributed by atoms with Crippen molar-refractivity contribution in [1.82, 2.24) is 19.8 Å². The molecule has 1 fully saturated rings. The summed E-state index contributed by atoms with van der Waals surface area (Å²) in [7, 11) is 0. The Hall–Kier alpha value is -2.76. The Balaban J connectivity index is 1.45. The Morgan fingerprint density at radius 1 is 1.18 bits per heavy atom. The molecular weight excluding hydrogens is 352 g/mol. The molecule has 1 aromatic heterocycles. The van der Waals surface area contributed by atoms with Crippen molar-refractivity contribution in [2.24, 2.45) is 0 Å². The van der Waals surface area contributed by atoms with Crippen LogP contribution >= 0.6 is 0 Å². The van der Waals surface area contributed by atoms with E-state index in [-0.39, 0.29) is 17.9 Å². The first-order valence-corrected chi connectivity index (χ1v) is 10.1. The first kappa shape index (κ1) is 18.6. The Kier molecular flexibility index (Phi) is 5.37. The maximum Gasteiger partial charge on any atom is 0.223 e. The van der Waals surface area contributed by atoms with E-state index in [1.165, 1.54) is 5.56 Å². The normalized spacial score (nSPS) is 18.8. The van der Waals surface area contributed by atoms with Gasteiger partial charge in [-0.05, 0) is 24.8 Å². The van der Waals surface area contributed by atoms with E-state index >= 15 is 0 Å². The highest BCUT2D eigenvalue weighted by Gasteiger charge is 2.32. The summed E-state index contributed by atoms with van der Waals surface area (Å²) in [6, 6.07) is 10.1. The highest BCUT2D eigenvalue weighted by molar-refractivity contribution is 5.77. The molecule has 4 rings (SSSR count). The largest absolute Gasteiger partial charge is 0.338 e. The van der Waals surface area contributed by atoms with Gasteiger partial charge in [-0.2, -0.15) is 0 Å². The van der Waals surface area contributed by atoms with E-state index in [0.29, 0.717) is 19.5 Å². The predicted molar refractivity (Wildman–Crippen MR) is 105 cm³/mol. The van der Waals surface area contributed by atoms with Gasteiger partial charge in [-0.3, -0.25) is 9.59 Å². The number of carbonyl (C=O) groups excluding carboxylic acids is 2. The van der Waals surface area contributed by atoms with Gasteiger partial charge in [0.25, 0.3) is 0 Å². The van der Waals surface area contributed by atoms with Gasteiger partial charge < -0.3 is 9.80 Å². The molecule has 6 nitrogen and oxygen atoms in total. The number of benzene rings is 1. The van der Waals surface area contributed by atoms with Gasteiger partial charge >= 0.3 is 0 Å². The summed E-state index contributed by atoms with van der Waals surface area (Å²) in [5, 5.41) is 0. The van der Waals surface area contributed by atoms with Crippen LogP contribution in [0.5, 0.6) is 0 Å². The van der Waals surface area contributed by atoms with Gasteiger partial charge in [-0.1, -0.05) is 30.3 Å². The Bertz CT molecular complexity index is 868. The third-order valence-corrected chi connectivity index (χ3v) is 5.74. The number of aryl methyl sites for hydroxylation is 1. The van der Waals surface area contributed by atoms with Crippen LogP contribution in [0.4, 0.5) is 0 Å². The van der Waals surface area contributed by atoms with Gasteiger partial charge in [0.05, 0.1) is 11.7 Å². The number of carbonyl (C=O) groups is 2. The minimum absolute atomic E-state index is 0.0283. The maximum atomic E-state index is 12.8. The highest BCUT2D eigenvalue weighted by Crippen LogP contribution is 2.31. The van der Waals surface area contributed by atoms with E-state index in [1.807, 2.05) is 34.2 Å². The number of hydrogen-bond donors (Lipinski definition) is 0. The zero-order chi connectivity index (χ0) is 19.5. The lowest BCUT2D eigenvalue weighted by molar-refractivity contribution is -0.132. The van der Waals surface area contributed by atoms with Crippen molar-refractivity contribution in [2.45, 2.75) is 51.6 Å². The first-order chi connectivity index (χ1) is 13.6. The van der Waals surface area contributed by atoms with Crippen LogP contribution in [-0.2, 0) is 29.0 Å². The van der Waals surface area contributed by atoms with E-state index < -0.39 is 0 Å². The number of rotatable bonds is 4. The second kappa shape index (κ2) is 8.09. The van der Waals surface area contributed by atoms with Crippen molar-refractivity contribution in [1.29, 1.82) is 0 Å². The zero-order valence-corrected chi connectivity index (χ0v) is 16.3. The van der Waals surface area contributed by atoms with Crippen LogP contribution in [0.1, 0.15) is 54.9 Å². The van der Waals surface area contributed by atoms with Gasteiger partial charge in [0.15, 0.2) is 5.82 Å². The van der Waals surface area contributed by atoms with E-state index in [4.69, 9.17) is 4.98 Å². The van der Waals surface area contributed by atoms with Crippen molar-refractivity contribution in [2.75, 3.05) is 13.1 Å². The number of fused-ring (bicyclic) bond motifs is 1. The maximum absolute atomic E-state index is 12.8. The Labute approximate surface area is 165 Å². The second-order valence-corrected chi connectivity index (χ2v) is 7.62. The fraction of sp³-hybridized carbons (Fsp3) is 0.455. The van der Waals surface area contributed by atoms with Gasteiger partial charge in [0, 0.05) is 51.2 Å². The van der Waals surface area contributed by atoms with Crippen LogP contribution in [0.25, 0.3) is 0 Å². The van der Waals surface area contributed by atoms with E-state index in [0.717, 1.165) is 49.3 Å². The lowest BCUT2D eigenvalue weighted by Gasteiger charge is -2.28. The first-order valence-electron chi connectivity index (χ1n) is 10.1. The molecule has 0 N–H and O–H groups in total. The van der Waals surface area contributed by atoms with Crippen LogP contribution in [0.2, 0.25) is 0 Å². The molecule has 0 bridgehead atoms. The molecule has 2 aliphatic rings. The molecule has 3 heterocycles. The van der Waals surface area contributed by atoms with Gasteiger partial charge in [-0.25, -0.2) is 9.97 Å². The average Bonchev–Trinajstić information content (AvgIpc) is 3.22. The fourth-order valence-corrected chi connectivity index (χ4v) is 4.13. The third-order valence-electron chi connectivity index (χ3n) is 5.74. The van der Waals surface area contributed by atoms with Crippen molar-refractivity contribution >= 4 is 11.8 Å². The standard InChI is InChI=1S/C22H26N4O2/c1-16(27)25-13-11-19-18(15-25)14-23-22(24-19)20-8-5-12-26(20)21(28)10-9-17-6-3-2-4-7-17/h2-4,6-7,14,20H,5,8-13,15H2,1H3. The van der Waals surface area contributed by atoms with Crippen LogP contribution in [0, 0.1) is 0 Å². The number of aromatic nitrogens is 2. The van der Waals surface area contributed by atoms with Crippen molar-refractivity contribution < 1.29 is 9.59 Å². The molecule has 2 amide bonds. The van der Waals surface area contributed by atoms with Crippen LogP contribution in [0.3, 0.4) is 0 Å². The topological polar surface area (TPSA) is 66.4 Å². The fourth-order valence-electron chi connectivity index (χ4n) is 4.13. The lowest BCUT2D eigenvalue weighted by atomic mass is 10.1. The molecule has 1 saturated heterocycles. The molecule has 1 aromatic carbocycles. The molecule has 2 aromatic rings. The monoisotopic (exact) mass is 378 g/mol. The summed E-state index contributed by atoms with van der Waals surface area (Å²) in [5.74, 6) is 1.01. The molecule has 28 heavy (non-hydrogen) atoms. The van der Waals surface area contributed by atoms with Gasteiger partial charge in [0.1, 0.15) is 0 Å². The van der Waals surface area contributed by atoms with Crippen LogP contribution in [0.15, 0.2) is 36.5 Å². The van der Waals surface area contributed by atoms with E-state index in [2.05, 4.69) is 17.1 Å². The molecule has 0 spiro atoms. The number of hydrogen-bond acceptors (Lipinski definition) is 4. The summed E-state index contributed by atoms with van der Waals surface area (Å²) in [5.41, 5.74) is 3.22. The lowest BCUT2D eigenvalue weighted by Crippen LogP contribution is -2.36. The quantitative estimate of drug-likeness (QED) is 0.820. The SMILES string of the molecule is CC(=O)N1CCc2nc(C3CCCN3C(=O)CCc3ccccc3)ncc2C1. The summed E-state index contributed by atoms with van der Waals surface area (Å²) in [4.78, 5) is 37.6. The second-order valence-electron chi connectivity index (χ2n) is 7.62. The van der Waals surface area contributed by atoms with E-state index in [1.54, 1.807) is 6.92 Å². The predicted octanol–water partition coefficient (Wildman–Crippen LogP) is 2.68. The third kappa shape index (κ3) is 3.91. The summed E-state index contributed by atoms with van der Waals surface area (Å²) >= 11 is 0.